The highest BCUT2D eigenvalue weighted by Gasteiger charge is 2.15. The van der Waals surface area contributed by atoms with Crippen LogP contribution in [0.2, 0.25) is 0 Å². The zero-order valence-electron chi connectivity index (χ0n) is 16.9. The van der Waals surface area contributed by atoms with Gasteiger partial charge in [-0.05, 0) is 50.7 Å². The topological polar surface area (TPSA) is 74.6 Å². The molecular formula is C27H22O4. The number of carboxylic acids is 1. The van der Waals surface area contributed by atoms with Gasteiger partial charge in [-0.15, -0.1) is 0 Å². The Bertz CT molecular complexity index is 1260. The minimum Gasteiger partial charge on any atom is -0.478 e. The highest BCUT2D eigenvalue weighted by atomic mass is 16.4. The van der Waals surface area contributed by atoms with Gasteiger partial charge in [-0.2, -0.15) is 0 Å². The van der Waals surface area contributed by atoms with E-state index in [0.717, 1.165) is 33.0 Å². The van der Waals surface area contributed by atoms with E-state index in [-0.39, 0.29) is 30.8 Å². The van der Waals surface area contributed by atoms with Crippen LogP contribution in [-0.2, 0) is 24.2 Å². The largest absolute Gasteiger partial charge is 0.478 e. The third-order valence-electron chi connectivity index (χ3n) is 5.39. The standard InChI is InChI=1S/C27H22O4/c28-17-18-8-10-20(11-9-18)21-7-3-4-19(12-21)13-25(29)15-24-14-22-5-1-2-6-23(22)16-26(24)27(30)31/h1-12,14,16,28H,13,15,17H2,(H,30,31). The van der Waals surface area contributed by atoms with Gasteiger partial charge in [0, 0.05) is 12.8 Å². The lowest BCUT2D eigenvalue weighted by Crippen LogP contribution is -2.11. The van der Waals surface area contributed by atoms with E-state index in [0.29, 0.717) is 5.56 Å². The molecule has 154 valence electrons. The molecule has 0 atom stereocenters. The molecule has 0 radical (unpaired) electrons. The lowest BCUT2D eigenvalue weighted by atomic mass is 9.94. The van der Waals surface area contributed by atoms with E-state index in [2.05, 4.69) is 0 Å². The summed E-state index contributed by atoms with van der Waals surface area (Å²) in [5.74, 6) is -1.06. The number of fused-ring (bicyclic) bond motifs is 1. The van der Waals surface area contributed by atoms with Crippen molar-refractivity contribution >= 4 is 22.5 Å². The summed E-state index contributed by atoms with van der Waals surface area (Å²) in [4.78, 5) is 24.5. The highest BCUT2D eigenvalue weighted by molar-refractivity contribution is 5.98. The molecule has 0 aliphatic carbocycles. The number of aliphatic hydroxyl groups excluding tert-OH is 1. The van der Waals surface area contributed by atoms with E-state index < -0.39 is 5.97 Å². The molecule has 0 aliphatic heterocycles. The summed E-state index contributed by atoms with van der Waals surface area (Å²) in [6.45, 7) is 0.00191. The number of Topliss-reactive ketones (excluding diaryl/α,β-unsaturated/α-hetero) is 1. The molecule has 4 nitrogen and oxygen atoms in total. The molecule has 0 aliphatic rings. The van der Waals surface area contributed by atoms with E-state index in [4.69, 9.17) is 0 Å². The van der Waals surface area contributed by atoms with Crippen molar-refractivity contribution in [3.63, 3.8) is 0 Å². The number of rotatable bonds is 7. The number of benzene rings is 4. The van der Waals surface area contributed by atoms with Crippen molar-refractivity contribution in [2.75, 3.05) is 0 Å². The number of hydrogen-bond acceptors (Lipinski definition) is 3. The van der Waals surface area contributed by atoms with Gasteiger partial charge >= 0.3 is 5.97 Å². The van der Waals surface area contributed by atoms with E-state index in [9.17, 15) is 19.8 Å². The van der Waals surface area contributed by atoms with E-state index in [1.54, 1.807) is 12.1 Å². The van der Waals surface area contributed by atoms with Gasteiger partial charge in [0.15, 0.2) is 0 Å². The molecule has 2 N–H and O–H groups in total. The predicted octanol–water partition coefficient (Wildman–Crippen LogP) is 5.05. The predicted molar refractivity (Wildman–Crippen MR) is 121 cm³/mol. The van der Waals surface area contributed by atoms with Gasteiger partial charge in [-0.25, -0.2) is 4.79 Å². The summed E-state index contributed by atoms with van der Waals surface area (Å²) in [5, 5.41) is 20.6. The molecule has 0 saturated heterocycles. The van der Waals surface area contributed by atoms with Crippen molar-refractivity contribution < 1.29 is 19.8 Å². The van der Waals surface area contributed by atoms with Crippen molar-refractivity contribution in [2.45, 2.75) is 19.4 Å². The molecule has 0 unspecified atom stereocenters. The van der Waals surface area contributed by atoms with Crippen molar-refractivity contribution in [1.82, 2.24) is 0 Å². The Balaban J connectivity index is 1.55. The zero-order valence-corrected chi connectivity index (χ0v) is 16.9. The second-order valence-electron chi connectivity index (χ2n) is 7.61. The van der Waals surface area contributed by atoms with Crippen LogP contribution in [0.3, 0.4) is 0 Å². The lowest BCUT2D eigenvalue weighted by molar-refractivity contribution is -0.117. The molecule has 0 fully saturated rings. The number of carbonyl (C=O) groups is 2. The minimum absolute atomic E-state index is 0.00191. The Morgan fingerprint density at radius 1 is 0.677 bits per heavy atom. The van der Waals surface area contributed by atoms with Crippen molar-refractivity contribution in [2.24, 2.45) is 0 Å². The lowest BCUT2D eigenvalue weighted by Gasteiger charge is -2.09. The van der Waals surface area contributed by atoms with Gasteiger partial charge in [0.2, 0.25) is 0 Å². The highest BCUT2D eigenvalue weighted by Crippen LogP contribution is 2.23. The van der Waals surface area contributed by atoms with Crippen LogP contribution in [0.25, 0.3) is 21.9 Å². The molecule has 0 saturated carbocycles. The van der Waals surface area contributed by atoms with Gasteiger partial charge < -0.3 is 10.2 Å². The average Bonchev–Trinajstić information content (AvgIpc) is 2.78. The summed E-state index contributed by atoms with van der Waals surface area (Å²) in [5.41, 5.74) is 4.43. The summed E-state index contributed by atoms with van der Waals surface area (Å²) >= 11 is 0. The molecular weight excluding hydrogens is 388 g/mol. The van der Waals surface area contributed by atoms with Crippen molar-refractivity contribution in [1.29, 1.82) is 0 Å². The van der Waals surface area contributed by atoms with Gasteiger partial charge in [-0.1, -0.05) is 72.8 Å². The Morgan fingerprint density at radius 3 is 2.06 bits per heavy atom. The van der Waals surface area contributed by atoms with Crippen LogP contribution in [0.1, 0.15) is 27.0 Å². The molecule has 4 heteroatoms. The van der Waals surface area contributed by atoms with Crippen LogP contribution in [0, 0.1) is 0 Å². The fraction of sp³-hybridized carbons (Fsp3) is 0.111. The summed E-state index contributed by atoms with van der Waals surface area (Å²) in [6, 6.07) is 26.4. The molecule has 0 aromatic heterocycles. The molecule has 0 heterocycles. The van der Waals surface area contributed by atoms with E-state index in [1.807, 2.05) is 72.8 Å². The maximum atomic E-state index is 12.8. The third kappa shape index (κ3) is 4.71. The number of aromatic carboxylic acids is 1. The number of ketones is 1. The number of aliphatic hydroxyl groups is 1. The quantitative estimate of drug-likeness (QED) is 0.447. The molecule has 4 rings (SSSR count). The first-order valence-electron chi connectivity index (χ1n) is 10.1. The Morgan fingerprint density at radius 2 is 1.39 bits per heavy atom. The Kier molecular flexibility index (Phi) is 5.92. The first kappa shape index (κ1) is 20.5. The summed E-state index contributed by atoms with van der Waals surface area (Å²) in [7, 11) is 0. The van der Waals surface area contributed by atoms with Gasteiger partial charge in [-0.3, -0.25) is 4.79 Å². The number of carbonyl (C=O) groups excluding carboxylic acids is 1. The van der Waals surface area contributed by atoms with Crippen LogP contribution in [0.4, 0.5) is 0 Å². The maximum Gasteiger partial charge on any atom is 0.335 e. The molecule has 0 spiro atoms. The summed E-state index contributed by atoms with van der Waals surface area (Å²) < 4.78 is 0. The Hall–Kier alpha value is -3.76. The first-order chi connectivity index (χ1) is 15.0. The normalized spacial score (nSPS) is 10.9. The second-order valence-corrected chi connectivity index (χ2v) is 7.61. The van der Waals surface area contributed by atoms with Crippen molar-refractivity contribution in [3.05, 3.63) is 107 Å². The monoisotopic (exact) mass is 410 g/mol. The van der Waals surface area contributed by atoms with E-state index >= 15 is 0 Å². The van der Waals surface area contributed by atoms with Crippen molar-refractivity contribution in [3.8, 4) is 11.1 Å². The molecule has 0 bridgehead atoms. The Labute approximate surface area is 180 Å². The van der Waals surface area contributed by atoms with Crippen LogP contribution in [0.15, 0.2) is 84.9 Å². The van der Waals surface area contributed by atoms with Gasteiger partial charge in [0.05, 0.1) is 12.2 Å². The van der Waals surface area contributed by atoms with Crippen LogP contribution in [-0.4, -0.2) is 22.0 Å². The molecule has 0 amide bonds. The van der Waals surface area contributed by atoms with Gasteiger partial charge in [0.25, 0.3) is 0 Å². The smallest absolute Gasteiger partial charge is 0.335 e. The third-order valence-corrected chi connectivity index (χ3v) is 5.39. The second kappa shape index (κ2) is 8.94. The fourth-order valence-electron chi connectivity index (χ4n) is 3.80. The van der Waals surface area contributed by atoms with Crippen LogP contribution in [0.5, 0.6) is 0 Å². The first-order valence-corrected chi connectivity index (χ1v) is 10.1. The molecule has 4 aromatic rings. The summed E-state index contributed by atoms with van der Waals surface area (Å²) in [6.07, 6.45) is 0.302. The molecule has 31 heavy (non-hydrogen) atoms. The molecule has 4 aromatic carbocycles. The SMILES string of the molecule is O=C(Cc1cccc(-c2ccc(CO)cc2)c1)Cc1cc2ccccc2cc1C(=O)O. The van der Waals surface area contributed by atoms with Crippen LogP contribution >= 0.6 is 0 Å². The number of carboxylic acid groups (broad SMARTS) is 1. The van der Waals surface area contributed by atoms with E-state index in [1.165, 1.54) is 0 Å². The van der Waals surface area contributed by atoms with Crippen LogP contribution < -0.4 is 0 Å². The zero-order chi connectivity index (χ0) is 21.8. The van der Waals surface area contributed by atoms with Gasteiger partial charge in [0.1, 0.15) is 5.78 Å². The maximum absolute atomic E-state index is 12.8. The number of hydrogen-bond donors (Lipinski definition) is 2. The minimum atomic E-state index is -1.03. The average molecular weight is 410 g/mol. The fourth-order valence-corrected chi connectivity index (χ4v) is 3.80.